The van der Waals surface area contributed by atoms with Crippen LogP contribution in [-0.2, 0) is 0 Å². The molecule has 3 rings (SSSR count). The molecule has 1 heterocycles. The Bertz CT molecular complexity index is 752. The van der Waals surface area contributed by atoms with E-state index in [9.17, 15) is 0 Å². The van der Waals surface area contributed by atoms with Crippen molar-refractivity contribution in [2.24, 2.45) is 0 Å². The van der Waals surface area contributed by atoms with E-state index in [0.29, 0.717) is 0 Å². The van der Waals surface area contributed by atoms with E-state index in [-0.39, 0.29) is 0 Å². The number of halogens is 2. The van der Waals surface area contributed by atoms with Crippen LogP contribution in [0.1, 0.15) is 5.56 Å². The lowest BCUT2D eigenvalue weighted by Crippen LogP contribution is -1.89. The summed E-state index contributed by atoms with van der Waals surface area (Å²) in [5.74, 6) is 0. The molecule has 0 saturated carbocycles. The SMILES string of the molecule is Cc1ccc(Nc2nc3ccc(Cl)cc3s2)cc1Cl. The van der Waals surface area contributed by atoms with E-state index >= 15 is 0 Å². The molecule has 1 aromatic heterocycles. The number of nitrogens with zero attached hydrogens (tertiary/aromatic N) is 1. The fraction of sp³-hybridized carbons (Fsp3) is 0.0714. The molecule has 2 nitrogen and oxygen atoms in total. The standard InChI is InChI=1S/C14H10Cl2N2S/c1-8-2-4-10(7-11(8)16)17-14-18-12-5-3-9(15)6-13(12)19-14/h2-7H,1H3,(H,17,18). The Morgan fingerprint density at radius 2 is 1.95 bits per heavy atom. The van der Waals surface area contributed by atoms with Crippen molar-refractivity contribution in [1.82, 2.24) is 4.98 Å². The number of aromatic nitrogens is 1. The molecule has 0 unspecified atom stereocenters. The molecule has 0 radical (unpaired) electrons. The fourth-order valence-corrected chi connectivity index (χ4v) is 3.09. The number of benzene rings is 2. The zero-order valence-corrected chi connectivity index (χ0v) is 12.4. The highest BCUT2D eigenvalue weighted by molar-refractivity contribution is 7.22. The van der Waals surface area contributed by atoms with Gasteiger partial charge in [0.15, 0.2) is 5.13 Å². The van der Waals surface area contributed by atoms with E-state index in [0.717, 1.165) is 36.6 Å². The van der Waals surface area contributed by atoms with Crippen molar-refractivity contribution in [3.63, 3.8) is 0 Å². The number of rotatable bonds is 2. The van der Waals surface area contributed by atoms with Crippen molar-refractivity contribution < 1.29 is 0 Å². The van der Waals surface area contributed by atoms with Crippen LogP contribution in [0.5, 0.6) is 0 Å². The molecular formula is C14H10Cl2N2S. The molecule has 0 fully saturated rings. The molecule has 0 spiro atoms. The van der Waals surface area contributed by atoms with Gasteiger partial charge < -0.3 is 5.32 Å². The van der Waals surface area contributed by atoms with Gasteiger partial charge in [0, 0.05) is 15.7 Å². The molecule has 3 aromatic rings. The minimum atomic E-state index is 0.723. The first-order chi connectivity index (χ1) is 9.11. The van der Waals surface area contributed by atoms with Crippen LogP contribution in [0.25, 0.3) is 10.2 Å². The van der Waals surface area contributed by atoms with E-state index in [2.05, 4.69) is 10.3 Å². The predicted octanol–water partition coefficient (Wildman–Crippen LogP) is 5.66. The minimum absolute atomic E-state index is 0.723. The van der Waals surface area contributed by atoms with E-state index in [1.54, 1.807) is 11.3 Å². The molecule has 96 valence electrons. The molecule has 0 aliphatic carbocycles. The summed E-state index contributed by atoms with van der Waals surface area (Å²) < 4.78 is 1.06. The monoisotopic (exact) mass is 308 g/mol. The molecule has 1 N–H and O–H groups in total. The molecule has 19 heavy (non-hydrogen) atoms. The van der Waals surface area contributed by atoms with Crippen molar-refractivity contribution in [2.75, 3.05) is 5.32 Å². The smallest absolute Gasteiger partial charge is 0.188 e. The predicted molar refractivity (Wildman–Crippen MR) is 84.1 cm³/mol. The maximum Gasteiger partial charge on any atom is 0.188 e. The normalized spacial score (nSPS) is 10.9. The molecule has 0 amide bonds. The Kier molecular flexibility index (Phi) is 3.35. The lowest BCUT2D eigenvalue weighted by molar-refractivity contribution is 1.42. The highest BCUT2D eigenvalue weighted by atomic mass is 35.5. The second-order valence-electron chi connectivity index (χ2n) is 4.22. The van der Waals surface area contributed by atoms with Gasteiger partial charge in [-0.1, -0.05) is 40.6 Å². The fourth-order valence-electron chi connectivity index (χ4n) is 1.75. The summed E-state index contributed by atoms with van der Waals surface area (Å²) >= 11 is 13.6. The first-order valence-electron chi connectivity index (χ1n) is 5.71. The molecule has 5 heteroatoms. The van der Waals surface area contributed by atoms with Crippen LogP contribution in [0.4, 0.5) is 10.8 Å². The number of hydrogen-bond acceptors (Lipinski definition) is 3. The number of hydrogen-bond donors (Lipinski definition) is 1. The summed E-state index contributed by atoms with van der Waals surface area (Å²) in [6.07, 6.45) is 0. The van der Waals surface area contributed by atoms with E-state index in [4.69, 9.17) is 23.2 Å². The Morgan fingerprint density at radius 1 is 1.11 bits per heavy atom. The topological polar surface area (TPSA) is 24.9 Å². The highest BCUT2D eigenvalue weighted by Crippen LogP contribution is 2.31. The minimum Gasteiger partial charge on any atom is -0.331 e. The summed E-state index contributed by atoms with van der Waals surface area (Å²) in [5.41, 5.74) is 2.93. The third kappa shape index (κ3) is 2.68. The Morgan fingerprint density at radius 3 is 2.74 bits per heavy atom. The third-order valence-electron chi connectivity index (χ3n) is 2.77. The quantitative estimate of drug-likeness (QED) is 0.661. The van der Waals surface area contributed by atoms with Crippen LogP contribution in [0.2, 0.25) is 10.0 Å². The van der Waals surface area contributed by atoms with Crippen LogP contribution in [0.15, 0.2) is 36.4 Å². The van der Waals surface area contributed by atoms with Gasteiger partial charge in [-0.15, -0.1) is 0 Å². The molecule has 0 aliphatic heterocycles. The van der Waals surface area contributed by atoms with Crippen LogP contribution in [0, 0.1) is 6.92 Å². The summed E-state index contributed by atoms with van der Waals surface area (Å²) in [7, 11) is 0. The molecule has 2 aromatic carbocycles. The number of anilines is 2. The van der Waals surface area contributed by atoms with Gasteiger partial charge in [-0.3, -0.25) is 0 Å². The Balaban J connectivity index is 1.94. The average Bonchev–Trinajstić information content (AvgIpc) is 2.75. The Labute approximate surface area is 125 Å². The number of fused-ring (bicyclic) bond motifs is 1. The molecule has 0 bridgehead atoms. The Hall–Kier alpha value is -1.29. The van der Waals surface area contributed by atoms with Gasteiger partial charge >= 0.3 is 0 Å². The van der Waals surface area contributed by atoms with Gasteiger partial charge in [-0.05, 0) is 42.8 Å². The maximum atomic E-state index is 6.11. The van der Waals surface area contributed by atoms with Crippen LogP contribution in [-0.4, -0.2) is 4.98 Å². The number of thiazole rings is 1. The highest BCUT2D eigenvalue weighted by Gasteiger charge is 2.05. The lowest BCUT2D eigenvalue weighted by atomic mass is 10.2. The van der Waals surface area contributed by atoms with Crippen molar-refractivity contribution in [3.8, 4) is 0 Å². The second-order valence-corrected chi connectivity index (χ2v) is 6.09. The maximum absolute atomic E-state index is 6.11. The molecule has 0 saturated heterocycles. The van der Waals surface area contributed by atoms with Gasteiger partial charge in [0.25, 0.3) is 0 Å². The molecule has 0 atom stereocenters. The van der Waals surface area contributed by atoms with E-state index in [1.807, 2.05) is 43.3 Å². The molecular weight excluding hydrogens is 299 g/mol. The van der Waals surface area contributed by atoms with Crippen molar-refractivity contribution >= 4 is 55.6 Å². The zero-order valence-electron chi connectivity index (χ0n) is 10.1. The van der Waals surface area contributed by atoms with Crippen LogP contribution >= 0.6 is 34.5 Å². The first-order valence-corrected chi connectivity index (χ1v) is 7.28. The van der Waals surface area contributed by atoms with Crippen molar-refractivity contribution in [2.45, 2.75) is 6.92 Å². The zero-order chi connectivity index (χ0) is 13.4. The summed E-state index contributed by atoms with van der Waals surface area (Å²) in [6.45, 7) is 1.98. The van der Waals surface area contributed by atoms with E-state index < -0.39 is 0 Å². The summed E-state index contributed by atoms with van der Waals surface area (Å²) in [4.78, 5) is 4.51. The van der Waals surface area contributed by atoms with Crippen molar-refractivity contribution in [1.29, 1.82) is 0 Å². The van der Waals surface area contributed by atoms with E-state index in [1.165, 1.54) is 0 Å². The second kappa shape index (κ2) is 5.00. The number of aryl methyl sites for hydroxylation is 1. The van der Waals surface area contributed by atoms with Crippen LogP contribution in [0.3, 0.4) is 0 Å². The van der Waals surface area contributed by atoms with Gasteiger partial charge in [0.05, 0.1) is 10.2 Å². The lowest BCUT2D eigenvalue weighted by Gasteiger charge is -2.04. The average molecular weight is 309 g/mol. The third-order valence-corrected chi connectivity index (χ3v) is 4.35. The van der Waals surface area contributed by atoms with Gasteiger partial charge in [-0.2, -0.15) is 0 Å². The number of nitrogens with one attached hydrogen (secondary N) is 1. The summed E-state index contributed by atoms with van der Waals surface area (Å²) in [6, 6.07) is 11.5. The first kappa shape index (κ1) is 12.7. The largest absolute Gasteiger partial charge is 0.331 e. The van der Waals surface area contributed by atoms with Crippen LogP contribution < -0.4 is 5.32 Å². The van der Waals surface area contributed by atoms with Gasteiger partial charge in [0.1, 0.15) is 0 Å². The van der Waals surface area contributed by atoms with Gasteiger partial charge in [-0.25, -0.2) is 4.98 Å². The van der Waals surface area contributed by atoms with Crippen molar-refractivity contribution in [3.05, 3.63) is 52.0 Å². The van der Waals surface area contributed by atoms with Gasteiger partial charge in [0.2, 0.25) is 0 Å². The summed E-state index contributed by atoms with van der Waals surface area (Å²) in [5, 5.41) is 5.56. The molecule has 0 aliphatic rings.